The number of carbonyl (C=O) groups excluding carboxylic acids is 1. The van der Waals surface area contributed by atoms with Crippen molar-refractivity contribution >= 4 is 11.6 Å². The van der Waals surface area contributed by atoms with Gasteiger partial charge in [-0.25, -0.2) is 0 Å². The summed E-state index contributed by atoms with van der Waals surface area (Å²) in [4.78, 5) is 24.9. The van der Waals surface area contributed by atoms with Gasteiger partial charge in [0, 0.05) is 18.7 Å². The molecule has 0 saturated carbocycles. The molecule has 2 aromatic rings. The maximum absolute atomic E-state index is 12.3. The summed E-state index contributed by atoms with van der Waals surface area (Å²) in [5, 5.41) is 13.7. The van der Waals surface area contributed by atoms with Crippen molar-refractivity contribution in [2.24, 2.45) is 0 Å². The molecular weight excluding hydrogens is 330 g/mol. The number of nitrogens with zero attached hydrogens (tertiary/aromatic N) is 2. The lowest BCUT2D eigenvalue weighted by Crippen LogP contribution is -2.38. The van der Waals surface area contributed by atoms with Gasteiger partial charge >= 0.3 is 0 Å². The van der Waals surface area contributed by atoms with Gasteiger partial charge in [0.05, 0.1) is 17.4 Å². The first-order chi connectivity index (χ1) is 12.5. The van der Waals surface area contributed by atoms with Crippen LogP contribution in [0.3, 0.4) is 0 Å². The largest absolute Gasteiger partial charge is 0.354 e. The molecule has 0 saturated heterocycles. The molecule has 0 aliphatic rings. The minimum absolute atomic E-state index is 0.0276. The fourth-order valence-electron chi connectivity index (χ4n) is 2.99. The normalized spacial score (nSPS) is 12.0. The Hall–Kier alpha value is -2.73. The predicted octanol–water partition coefficient (Wildman–Crippen LogP) is 3.34. The lowest BCUT2D eigenvalue weighted by molar-refractivity contribution is -0.384. The van der Waals surface area contributed by atoms with Gasteiger partial charge in [0.1, 0.15) is 0 Å². The molecule has 138 valence electrons. The molecule has 1 atom stereocenters. The fourth-order valence-corrected chi connectivity index (χ4v) is 2.99. The molecule has 1 unspecified atom stereocenters. The second-order valence-corrected chi connectivity index (χ2v) is 6.05. The van der Waals surface area contributed by atoms with Crippen molar-refractivity contribution in [3.05, 3.63) is 75.8 Å². The number of hydrogen-bond donors (Lipinski definition) is 1. The van der Waals surface area contributed by atoms with Gasteiger partial charge in [-0.15, -0.1) is 0 Å². The minimum Gasteiger partial charge on any atom is -0.354 e. The van der Waals surface area contributed by atoms with Crippen LogP contribution in [0.25, 0.3) is 0 Å². The zero-order chi connectivity index (χ0) is 18.9. The van der Waals surface area contributed by atoms with Crippen LogP contribution in [0, 0.1) is 10.1 Å². The highest BCUT2D eigenvalue weighted by Crippen LogP contribution is 2.19. The third-order valence-corrected chi connectivity index (χ3v) is 4.44. The number of non-ortho nitro benzene ring substituents is 1. The Morgan fingerprint density at radius 2 is 1.69 bits per heavy atom. The van der Waals surface area contributed by atoms with Crippen LogP contribution >= 0.6 is 0 Å². The number of nitrogens with one attached hydrogen (secondary N) is 1. The number of nitro groups is 1. The summed E-state index contributed by atoms with van der Waals surface area (Å²) in [6, 6.07) is 16.3. The van der Waals surface area contributed by atoms with Crippen molar-refractivity contribution in [3.63, 3.8) is 0 Å². The number of hydrogen-bond acceptors (Lipinski definition) is 4. The van der Waals surface area contributed by atoms with Crippen molar-refractivity contribution in [2.75, 3.05) is 19.6 Å². The zero-order valence-electron chi connectivity index (χ0n) is 15.2. The van der Waals surface area contributed by atoms with Crippen LogP contribution in [-0.2, 0) is 11.2 Å². The van der Waals surface area contributed by atoms with Crippen LogP contribution in [0.4, 0.5) is 5.69 Å². The molecule has 0 radical (unpaired) electrons. The maximum Gasteiger partial charge on any atom is 0.269 e. The molecule has 1 N–H and O–H groups in total. The highest BCUT2D eigenvalue weighted by atomic mass is 16.6. The molecule has 6 heteroatoms. The molecule has 2 aromatic carbocycles. The van der Waals surface area contributed by atoms with E-state index in [1.807, 2.05) is 18.2 Å². The number of likely N-dealkylation sites (N-methyl/N-ethyl adjacent to an activating group) is 1. The van der Waals surface area contributed by atoms with Gasteiger partial charge in [-0.05, 0) is 24.2 Å². The maximum atomic E-state index is 12.3. The summed E-state index contributed by atoms with van der Waals surface area (Å²) in [5.74, 6) is -0.0908. The fraction of sp³-hybridized carbons (Fsp3) is 0.350. The van der Waals surface area contributed by atoms with Gasteiger partial charge < -0.3 is 5.32 Å². The van der Waals surface area contributed by atoms with E-state index in [4.69, 9.17) is 0 Å². The lowest BCUT2D eigenvalue weighted by atomic mass is 10.0. The van der Waals surface area contributed by atoms with Gasteiger partial charge in [0.25, 0.3) is 5.69 Å². The van der Waals surface area contributed by atoms with Gasteiger partial charge in [-0.2, -0.15) is 0 Å². The Bertz CT molecular complexity index is 713. The Morgan fingerprint density at radius 1 is 1.08 bits per heavy atom. The van der Waals surface area contributed by atoms with Gasteiger partial charge in [0.2, 0.25) is 5.91 Å². The van der Waals surface area contributed by atoms with E-state index in [1.165, 1.54) is 17.7 Å². The van der Waals surface area contributed by atoms with Crippen LogP contribution in [0.15, 0.2) is 54.6 Å². The highest BCUT2D eigenvalue weighted by molar-refractivity contribution is 5.78. The van der Waals surface area contributed by atoms with E-state index in [1.54, 1.807) is 12.1 Å². The van der Waals surface area contributed by atoms with Gasteiger partial charge in [0.15, 0.2) is 0 Å². The van der Waals surface area contributed by atoms with E-state index in [9.17, 15) is 14.9 Å². The van der Waals surface area contributed by atoms with Crippen LogP contribution in [0.5, 0.6) is 0 Å². The second kappa shape index (κ2) is 9.68. The lowest BCUT2D eigenvalue weighted by Gasteiger charge is -2.30. The smallest absolute Gasteiger partial charge is 0.269 e. The standard InChI is InChI=1S/C20H25N3O3/c1-3-22(4-2)19(17-8-6-5-7-9-17)15-21-20(24)14-16-10-12-18(13-11-16)23(25)26/h5-13,19H,3-4,14-15H2,1-2H3,(H,21,24). The average molecular weight is 355 g/mol. The molecular formula is C20H25N3O3. The molecule has 0 aromatic heterocycles. The van der Waals surface area contributed by atoms with E-state index in [0.717, 1.165) is 18.7 Å². The zero-order valence-corrected chi connectivity index (χ0v) is 15.2. The van der Waals surface area contributed by atoms with Crippen molar-refractivity contribution in [2.45, 2.75) is 26.3 Å². The summed E-state index contributed by atoms with van der Waals surface area (Å²) >= 11 is 0. The Labute approximate surface area is 154 Å². The number of amides is 1. The minimum atomic E-state index is -0.446. The van der Waals surface area contributed by atoms with E-state index in [2.05, 4.69) is 36.2 Å². The molecule has 1 amide bonds. The molecule has 0 heterocycles. The van der Waals surface area contributed by atoms with Gasteiger partial charge in [-0.3, -0.25) is 19.8 Å². The Morgan fingerprint density at radius 3 is 2.23 bits per heavy atom. The first-order valence-corrected chi connectivity index (χ1v) is 8.84. The molecule has 0 spiro atoms. The monoisotopic (exact) mass is 355 g/mol. The molecule has 6 nitrogen and oxygen atoms in total. The predicted molar refractivity (Wildman–Crippen MR) is 102 cm³/mol. The highest BCUT2D eigenvalue weighted by Gasteiger charge is 2.18. The van der Waals surface area contributed by atoms with Crippen LogP contribution in [0.1, 0.15) is 31.0 Å². The Kier molecular flexibility index (Phi) is 7.29. The van der Waals surface area contributed by atoms with Crippen LogP contribution in [0.2, 0.25) is 0 Å². The first kappa shape index (κ1) is 19.6. The van der Waals surface area contributed by atoms with Gasteiger partial charge in [-0.1, -0.05) is 56.3 Å². The third kappa shape index (κ3) is 5.39. The average Bonchev–Trinajstić information content (AvgIpc) is 2.66. The quantitative estimate of drug-likeness (QED) is 0.553. The SMILES string of the molecule is CCN(CC)C(CNC(=O)Cc1ccc([N+](=O)[O-])cc1)c1ccccc1. The second-order valence-electron chi connectivity index (χ2n) is 6.05. The molecule has 0 aliphatic carbocycles. The molecule has 0 fully saturated rings. The molecule has 2 rings (SSSR count). The summed E-state index contributed by atoms with van der Waals surface area (Å²) < 4.78 is 0. The van der Waals surface area contributed by atoms with Crippen molar-refractivity contribution in [1.82, 2.24) is 10.2 Å². The number of rotatable bonds is 9. The van der Waals surface area contributed by atoms with Crippen molar-refractivity contribution in [1.29, 1.82) is 0 Å². The van der Waals surface area contributed by atoms with E-state index >= 15 is 0 Å². The van der Waals surface area contributed by atoms with Crippen LogP contribution < -0.4 is 5.32 Å². The Balaban J connectivity index is 1.99. The van der Waals surface area contributed by atoms with E-state index in [-0.39, 0.29) is 24.1 Å². The van der Waals surface area contributed by atoms with Crippen molar-refractivity contribution in [3.8, 4) is 0 Å². The molecule has 26 heavy (non-hydrogen) atoms. The molecule has 0 aliphatic heterocycles. The molecule has 0 bridgehead atoms. The van der Waals surface area contributed by atoms with E-state index < -0.39 is 4.92 Å². The number of benzene rings is 2. The topological polar surface area (TPSA) is 75.5 Å². The third-order valence-electron chi connectivity index (χ3n) is 4.44. The van der Waals surface area contributed by atoms with E-state index in [0.29, 0.717) is 6.54 Å². The number of carbonyl (C=O) groups is 1. The summed E-state index contributed by atoms with van der Waals surface area (Å²) in [6.45, 7) is 6.54. The first-order valence-electron chi connectivity index (χ1n) is 8.84. The summed E-state index contributed by atoms with van der Waals surface area (Å²) in [6.07, 6.45) is 0.206. The van der Waals surface area contributed by atoms with Crippen molar-refractivity contribution < 1.29 is 9.72 Å². The number of nitro benzene ring substituents is 1. The summed E-state index contributed by atoms with van der Waals surface area (Å²) in [7, 11) is 0. The van der Waals surface area contributed by atoms with Crippen LogP contribution in [-0.4, -0.2) is 35.4 Å². The summed E-state index contributed by atoms with van der Waals surface area (Å²) in [5.41, 5.74) is 1.96.